The molecule has 2 heterocycles. The number of carbonyl (C=O) groups is 1. The summed E-state index contributed by atoms with van der Waals surface area (Å²) >= 11 is 0. The Morgan fingerprint density at radius 1 is 1.26 bits per heavy atom. The molecular formula is C20H17N5O2. The number of rotatable bonds is 4. The maximum absolute atomic E-state index is 12.2. The van der Waals surface area contributed by atoms with Gasteiger partial charge in [-0.25, -0.2) is 4.98 Å². The van der Waals surface area contributed by atoms with Crippen LogP contribution in [0.5, 0.6) is 5.88 Å². The maximum atomic E-state index is 12.2. The Morgan fingerprint density at radius 3 is 2.59 bits per heavy atom. The quantitative estimate of drug-likeness (QED) is 0.745. The first-order valence-corrected chi connectivity index (χ1v) is 8.61. The lowest BCUT2D eigenvalue weighted by molar-refractivity contribution is 0.0949. The van der Waals surface area contributed by atoms with E-state index in [0.717, 1.165) is 12.0 Å². The summed E-state index contributed by atoms with van der Waals surface area (Å²) in [5.74, 6) is 0.731. The fraction of sp³-hybridized carbons (Fsp3) is 0.200. The molecule has 7 nitrogen and oxygen atoms in total. The second kappa shape index (κ2) is 6.57. The standard InChI is InChI=1S/C20H17N5O2/c1-12-8-17(12)24-19(26)15-6-7-18(22-10-15)25-20(27)16(11-23-25)14-4-2-13(9-21)3-5-14/h2-7,10-12,17,27H,8H2,1H3,(H,24,26)/t12-,17-/m0/s1. The van der Waals surface area contributed by atoms with Crippen LogP contribution in [0.25, 0.3) is 16.9 Å². The zero-order chi connectivity index (χ0) is 19.0. The van der Waals surface area contributed by atoms with E-state index < -0.39 is 0 Å². The van der Waals surface area contributed by atoms with Crippen molar-refractivity contribution < 1.29 is 9.90 Å². The Bertz CT molecular complexity index is 1030. The second-order valence-electron chi connectivity index (χ2n) is 6.68. The topological polar surface area (TPSA) is 104 Å². The van der Waals surface area contributed by atoms with E-state index in [1.807, 2.05) is 0 Å². The average Bonchev–Trinajstić information content (AvgIpc) is 3.25. The smallest absolute Gasteiger partial charge is 0.253 e. The van der Waals surface area contributed by atoms with Gasteiger partial charge in [-0.1, -0.05) is 19.1 Å². The summed E-state index contributed by atoms with van der Waals surface area (Å²) in [5, 5.41) is 26.5. The van der Waals surface area contributed by atoms with Crippen molar-refractivity contribution in [3.8, 4) is 28.9 Å². The monoisotopic (exact) mass is 359 g/mol. The van der Waals surface area contributed by atoms with Gasteiger partial charge in [-0.05, 0) is 42.2 Å². The molecule has 27 heavy (non-hydrogen) atoms. The first-order chi connectivity index (χ1) is 13.1. The zero-order valence-corrected chi connectivity index (χ0v) is 14.6. The van der Waals surface area contributed by atoms with Crippen LogP contribution in [0.2, 0.25) is 0 Å². The molecule has 0 radical (unpaired) electrons. The molecule has 0 bridgehead atoms. The van der Waals surface area contributed by atoms with Gasteiger partial charge < -0.3 is 10.4 Å². The highest BCUT2D eigenvalue weighted by Gasteiger charge is 2.34. The normalized spacial score (nSPS) is 17.9. The average molecular weight is 359 g/mol. The highest BCUT2D eigenvalue weighted by atomic mass is 16.3. The molecule has 134 valence electrons. The summed E-state index contributed by atoms with van der Waals surface area (Å²) in [5.41, 5.74) is 2.29. The van der Waals surface area contributed by atoms with Crippen molar-refractivity contribution >= 4 is 5.91 Å². The highest BCUT2D eigenvalue weighted by molar-refractivity contribution is 5.94. The van der Waals surface area contributed by atoms with E-state index >= 15 is 0 Å². The molecule has 3 aromatic rings. The number of aromatic hydroxyl groups is 1. The van der Waals surface area contributed by atoms with Gasteiger partial charge in [0.05, 0.1) is 29.0 Å². The van der Waals surface area contributed by atoms with Crippen LogP contribution in [0.1, 0.15) is 29.3 Å². The number of carbonyl (C=O) groups excluding carboxylic acids is 1. The van der Waals surface area contributed by atoms with Gasteiger partial charge in [-0.2, -0.15) is 15.0 Å². The fourth-order valence-electron chi connectivity index (χ4n) is 2.86. The first-order valence-electron chi connectivity index (χ1n) is 8.61. The van der Waals surface area contributed by atoms with E-state index in [0.29, 0.717) is 28.4 Å². The third-order valence-electron chi connectivity index (χ3n) is 4.72. The Labute approximate surface area is 155 Å². The van der Waals surface area contributed by atoms with Crippen molar-refractivity contribution in [3.63, 3.8) is 0 Å². The van der Waals surface area contributed by atoms with Crippen LogP contribution in [0, 0.1) is 17.2 Å². The van der Waals surface area contributed by atoms with E-state index in [1.165, 1.54) is 17.1 Å². The summed E-state index contributed by atoms with van der Waals surface area (Å²) in [7, 11) is 0. The van der Waals surface area contributed by atoms with Gasteiger partial charge in [0, 0.05) is 12.2 Å². The molecule has 2 aromatic heterocycles. The highest BCUT2D eigenvalue weighted by Crippen LogP contribution is 2.31. The van der Waals surface area contributed by atoms with Gasteiger partial charge >= 0.3 is 0 Å². The summed E-state index contributed by atoms with van der Waals surface area (Å²) in [6.07, 6.45) is 4.02. The van der Waals surface area contributed by atoms with E-state index in [-0.39, 0.29) is 17.8 Å². The summed E-state index contributed by atoms with van der Waals surface area (Å²) in [6.45, 7) is 2.10. The number of aromatic nitrogens is 3. The molecule has 0 spiro atoms. The molecule has 2 N–H and O–H groups in total. The SMILES string of the molecule is C[C@H]1C[C@@H]1NC(=O)c1ccc(-n2ncc(-c3ccc(C#N)cc3)c2O)nc1. The van der Waals surface area contributed by atoms with Crippen molar-refractivity contribution in [2.24, 2.45) is 5.92 Å². The van der Waals surface area contributed by atoms with E-state index in [4.69, 9.17) is 5.26 Å². The van der Waals surface area contributed by atoms with Gasteiger partial charge in [0.15, 0.2) is 5.82 Å². The number of hydrogen-bond donors (Lipinski definition) is 2. The van der Waals surface area contributed by atoms with Crippen molar-refractivity contribution in [1.82, 2.24) is 20.1 Å². The van der Waals surface area contributed by atoms with Gasteiger partial charge in [0.1, 0.15) is 0 Å². The third-order valence-corrected chi connectivity index (χ3v) is 4.72. The number of amides is 1. The van der Waals surface area contributed by atoms with Crippen molar-refractivity contribution in [3.05, 3.63) is 59.9 Å². The van der Waals surface area contributed by atoms with Crippen LogP contribution in [0.3, 0.4) is 0 Å². The number of nitriles is 1. The summed E-state index contributed by atoms with van der Waals surface area (Å²) in [4.78, 5) is 16.4. The number of nitrogens with one attached hydrogen (secondary N) is 1. The van der Waals surface area contributed by atoms with E-state index in [9.17, 15) is 9.90 Å². The molecule has 0 aliphatic heterocycles. The summed E-state index contributed by atoms with van der Waals surface area (Å²) < 4.78 is 1.30. The lowest BCUT2D eigenvalue weighted by Gasteiger charge is -2.06. The van der Waals surface area contributed by atoms with Crippen LogP contribution >= 0.6 is 0 Å². The number of benzene rings is 1. The third kappa shape index (κ3) is 3.25. The van der Waals surface area contributed by atoms with Crippen LogP contribution in [0.15, 0.2) is 48.8 Å². The number of hydrogen-bond acceptors (Lipinski definition) is 5. The van der Waals surface area contributed by atoms with Crippen molar-refractivity contribution in [2.45, 2.75) is 19.4 Å². The minimum Gasteiger partial charge on any atom is -0.493 e. The molecular weight excluding hydrogens is 342 g/mol. The molecule has 1 aromatic carbocycles. The molecule has 1 amide bonds. The first kappa shape index (κ1) is 16.8. The Kier molecular flexibility index (Phi) is 4.09. The molecule has 0 saturated heterocycles. The Morgan fingerprint density at radius 2 is 2.00 bits per heavy atom. The Hall–Kier alpha value is -3.66. The maximum Gasteiger partial charge on any atom is 0.253 e. The van der Waals surface area contributed by atoms with Crippen LogP contribution < -0.4 is 5.32 Å². The van der Waals surface area contributed by atoms with Gasteiger partial charge in [0.2, 0.25) is 5.88 Å². The largest absolute Gasteiger partial charge is 0.493 e. The van der Waals surface area contributed by atoms with Crippen LogP contribution in [0.4, 0.5) is 0 Å². The number of pyridine rings is 1. The summed E-state index contributed by atoms with van der Waals surface area (Å²) in [6, 6.07) is 12.5. The predicted octanol–water partition coefficient (Wildman–Crippen LogP) is 2.65. The molecule has 1 fully saturated rings. The second-order valence-corrected chi connectivity index (χ2v) is 6.68. The lowest BCUT2D eigenvalue weighted by atomic mass is 10.1. The van der Waals surface area contributed by atoms with Crippen LogP contribution in [-0.4, -0.2) is 31.8 Å². The van der Waals surface area contributed by atoms with Crippen molar-refractivity contribution in [2.75, 3.05) is 0 Å². The molecule has 4 rings (SSSR count). The van der Waals surface area contributed by atoms with E-state index in [2.05, 4.69) is 28.4 Å². The fourth-order valence-corrected chi connectivity index (χ4v) is 2.86. The predicted molar refractivity (Wildman–Crippen MR) is 98.2 cm³/mol. The molecule has 2 atom stereocenters. The zero-order valence-electron chi connectivity index (χ0n) is 14.6. The Balaban J connectivity index is 1.56. The molecule has 7 heteroatoms. The molecule has 0 unspecified atom stereocenters. The van der Waals surface area contributed by atoms with Gasteiger partial charge in [-0.15, -0.1) is 0 Å². The van der Waals surface area contributed by atoms with Gasteiger partial charge in [0.25, 0.3) is 5.91 Å². The molecule has 1 aliphatic rings. The molecule has 1 aliphatic carbocycles. The van der Waals surface area contributed by atoms with E-state index in [1.54, 1.807) is 36.4 Å². The minimum atomic E-state index is -0.147. The molecule has 1 saturated carbocycles. The number of nitrogens with zero attached hydrogens (tertiary/aromatic N) is 4. The van der Waals surface area contributed by atoms with Crippen LogP contribution in [-0.2, 0) is 0 Å². The lowest BCUT2D eigenvalue weighted by Crippen LogP contribution is -2.26. The van der Waals surface area contributed by atoms with Gasteiger partial charge in [-0.3, -0.25) is 4.79 Å². The van der Waals surface area contributed by atoms with Crippen molar-refractivity contribution in [1.29, 1.82) is 5.26 Å². The minimum absolute atomic E-state index is 0.0591.